The highest BCUT2D eigenvalue weighted by molar-refractivity contribution is 8.00. The number of fused-ring (bicyclic) bond motifs is 1. The molecule has 1 aromatic heterocycles. The van der Waals surface area contributed by atoms with Gasteiger partial charge in [0, 0.05) is 10.7 Å². The molecule has 1 amide bonds. The van der Waals surface area contributed by atoms with Gasteiger partial charge in [-0.25, -0.2) is 4.98 Å². The van der Waals surface area contributed by atoms with Crippen LogP contribution < -0.4 is 5.32 Å². The number of aromatic amines is 1. The predicted molar refractivity (Wildman–Crippen MR) is 91.5 cm³/mol. The van der Waals surface area contributed by atoms with E-state index in [1.54, 1.807) is 6.07 Å². The maximum atomic E-state index is 12.2. The van der Waals surface area contributed by atoms with Gasteiger partial charge in [-0.3, -0.25) is 4.79 Å². The van der Waals surface area contributed by atoms with Crippen LogP contribution in [0.2, 0.25) is 5.02 Å². The van der Waals surface area contributed by atoms with E-state index in [-0.39, 0.29) is 11.2 Å². The van der Waals surface area contributed by atoms with Crippen LogP contribution in [0.3, 0.4) is 0 Å². The number of halogens is 1. The fourth-order valence-corrected chi connectivity index (χ4v) is 2.99. The molecule has 4 nitrogen and oxygen atoms in total. The number of imidazole rings is 1. The Labute approximate surface area is 137 Å². The molecular formula is C16H14ClN3OS. The van der Waals surface area contributed by atoms with E-state index in [4.69, 9.17) is 11.6 Å². The summed E-state index contributed by atoms with van der Waals surface area (Å²) in [7, 11) is 0. The number of hydrogen-bond donors (Lipinski definition) is 2. The van der Waals surface area contributed by atoms with Crippen molar-refractivity contribution in [1.29, 1.82) is 0 Å². The Balaban J connectivity index is 1.69. The molecule has 3 rings (SSSR count). The highest BCUT2D eigenvalue weighted by Gasteiger charge is 2.16. The molecular weight excluding hydrogens is 318 g/mol. The summed E-state index contributed by atoms with van der Waals surface area (Å²) in [5, 5.41) is 3.97. The minimum atomic E-state index is -0.267. The van der Waals surface area contributed by atoms with Gasteiger partial charge in [-0.05, 0) is 37.3 Å². The lowest BCUT2D eigenvalue weighted by molar-refractivity contribution is -0.115. The molecule has 1 heterocycles. The largest absolute Gasteiger partial charge is 0.333 e. The van der Waals surface area contributed by atoms with E-state index in [1.165, 1.54) is 11.8 Å². The minimum Gasteiger partial charge on any atom is -0.333 e. The van der Waals surface area contributed by atoms with Crippen LogP contribution in [0.1, 0.15) is 6.92 Å². The van der Waals surface area contributed by atoms with Crippen molar-refractivity contribution in [3.8, 4) is 0 Å². The zero-order chi connectivity index (χ0) is 15.5. The average Bonchev–Trinajstić information content (AvgIpc) is 2.89. The van der Waals surface area contributed by atoms with Gasteiger partial charge in [0.1, 0.15) is 0 Å². The van der Waals surface area contributed by atoms with Crippen molar-refractivity contribution >= 4 is 46.0 Å². The number of carbonyl (C=O) groups is 1. The Kier molecular flexibility index (Phi) is 4.36. The van der Waals surface area contributed by atoms with E-state index < -0.39 is 0 Å². The van der Waals surface area contributed by atoms with E-state index in [0.717, 1.165) is 16.7 Å². The molecule has 0 fully saturated rings. The number of anilines is 1. The molecule has 6 heteroatoms. The van der Waals surface area contributed by atoms with Crippen LogP contribution in [0.4, 0.5) is 5.69 Å². The summed E-state index contributed by atoms with van der Waals surface area (Å²) < 4.78 is 0. The zero-order valence-corrected chi connectivity index (χ0v) is 13.4. The van der Waals surface area contributed by atoms with Crippen LogP contribution >= 0.6 is 23.4 Å². The highest BCUT2D eigenvalue weighted by Crippen LogP contribution is 2.25. The number of para-hydroxylation sites is 1. The molecule has 0 radical (unpaired) electrons. The second kappa shape index (κ2) is 6.42. The molecule has 0 saturated heterocycles. The summed E-state index contributed by atoms with van der Waals surface area (Å²) in [6, 6.07) is 14.9. The first-order chi connectivity index (χ1) is 10.6. The van der Waals surface area contributed by atoms with Crippen LogP contribution in [-0.2, 0) is 4.79 Å². The monoisotopic (exact) mass is 331 g/mol. The smallest absolute Gasteiger partial charge is 0.237 e. The first kappa shape index (κ1) is 14.9. The van der Waals surface area contributed by atoms with Gasteiger partial charge < -0.3 is 10.3 Å². The first-order valence-corrected chi connectivity index (χ1v) is 8.05. The Morgan fingerprint density at radius 3 is 2.82 bits per heavy atom. The summed E-state index contributed by atoms with van der Waals surface area (Å²) in [6.07, 6.45) is 0. The van der Waals surface area contributed by atoms with Crippen LogP contribution in [0.5, 0.6) is 0 Å². The Morgan fingerprint density at radius 1 is 1.27 bits per heavy atom. The number of thioether (sulfide) groups is 1. The summed E-state index contributed by atoms with van der Waals surface area (Å²) in [5.74, 6) is -0.0605. The molecule has 22 heavy (non-hydrogen) atoms. The molecule has 0 aliphatic rings. The van der Waals surface area contributed by atoms with Crippen molar-refractivity contribution in [2.45, 2.75) is 17.3 Å². The second-order valence-electron chi connectivity index (χ2n) is 4.82. The standard InChI is InChI=1S/C16H14ClN3OS/c1-10(15(21)18-12-5-3-2-4-6-12)22-16-19-13-8-7-11(17)9-14(13)20-16/h2-10H,1H3,(H,18,21)(H,19,20)/t10-/m0/s1. The van der Waals surface area contributed by atoms with E-state index in [0.29, 0.717) is 10.2 Å². The molecule has 0 spiro atoms. The highest BCUT2D eigenvalue weighted by atomic mass is 35.5. The van der Waals surface area contributed by atoms with Gasteiger partial charge in [-0.2, -0.15) is 0 Å². The summed E-state index contributed by atoms with van der Waals surface area (Å²) in [4.78, 5) is 19.8. The number of nitrogens with one attached hydrogen (secondary N) is 2. The first-order valence-electron chi connectivity index (χ1n) is 6.79. The maximum absolute atomic E-state index is 12.2. The maximum Gasteiger partial charge on any atom is 0.237 e. The van der Waals surface area contributed by atoms with Crippen molar-refractivity contribution in [2.75, 3.05) is 5.32 Å². The quantitative estimate of drug-likeness (QED) is 0.699. The lowest BCUT2D eigenvalue weighted by atomic mass is 10.3. The molecule has 0 unspecified atom stereocenters. The molecule has 0 aliphatic heterocycles. The molecule has 0 saturated carbocycles. The molecule has 1 atom stereocenters. The number of carbonyl (C=O) groups excluding carboxylic acids is 1. The van der Waals surface area contributed by atoms with Crippen molar-refractivity contribution in [3.63, 3.8) is 0 Å². The number of nitrogens with zero attached hydrogens (tertiary/aromatic N) is 1. The molecule has 2 N–H and O–H groups in total. The van der Waals surface area contributed by atoms with Crippen molar-refractivity contribution in [1.82, 2.24) is 9.97 Å². The van der Waals surface area contributed by atoms with Gasteiger partial charge in [0.05, 0.1) is 16.3 Å². The van der Waals surface area contributed by atoms with Gasteiger partial charge in [0.25, 0.3) is 0 Å². The van der Waals surface area contributed by atoms with Crippen LogP contribution in [0.25, 0.3) is 11.0 Å². The molecule has 0 aliphatic carbocycles. The third kappa shape index (κ3) is 3.43. The second-order valence-corrected chi connectivity index (χ2v) is 6.58. The molecule has 112 valence electrons. The Bertz CT molecular complexity index is 804. The minimum absolute atomic E-state index is 0.0605. The zero-order valence-electron chi connectivity index (χ0n) is 11.8. The molecule has 0 bridgehead atoms. The third-order valence-electron chi connectivity index (χ3n) is 3.12. The topological polar surface area (TPSA) is 57.8 Å². The Hall–Kier alpha value is -1.98. The number of benzene rings is 2. The predicted octanol–water partition coefficient (Wildman–Crippen LogP) is 4.34. The number of hydrogen-bond acceptors (Lipinski definition) is 3. The fraction of sp³-hybridized carbons (Fsp3) is 0.125. The van der Waals surface area contributed by atoms with Gasteiger partial charge in [-0.15, -0.1) is 0 Å². The lowest BCUT2D eigenvalue weighted by Gasteiger charge is -2.10. The van der Waals surface area contributed by atoms with Gasteiger partial charge in [0.15, 0.2) is 5.16 Å². The summed E-state index contributed by atoms with van der Waals surface area (Å²) >= 11 is 7.34. The molecule has 3 aromatic rings. The van der Waals surface area contributed by atoms with E-state index >= 15 is 0 Å². The summed E-state index contributed by atoms with van der Waals surface area (Å²) in [5.41, 5.74) is 2.49. The van der Waals surface area contributed by atoms with E-state index in [2.05, 4.69) is 15.3 Å². The summed E-state index contributed by atoms with van der Waals surface area (Å²) in [6.45, 7) is 1.85. The third-order valence-corrected chi connectivity index (χ3v) is 4.34. The van der Waals surface area contributed by atoms with Crippen molar-refractivity contribution in [3.05, 3.63) is 53.6 Å². The van der Waals surface area contributed by atoms with Crippen LogP contribution in [-0.4, -0.2) is 21.1 Å². The van der Waals surface area contributed by atoms with E-state index in [9.17, 15) is 4.79 Å². The van der Waals surface area contributed by atoms with Crippen LogP contribution in [0.15, 0.2) is 53.7 Å². The molecule has 2 aromatic carbocycles. The lowest BCUT2D eigenvalue weighted by Crippen LogP contribution is -2.22. The van der Waals surface area contributed by atoms with Crippen molar-refractivity contribution in [2.24, 2.45) is 0 Å². The van der Waals surface area contributed by atoms with Crippen molar-refractivity contribution < 1.29 is 4.79 Å². The van der Waals surface area contributed by atoms with Gasteiger partial charge in [0.2, 0.25) is 5.91 Å². The normalized spacial score (nSPS) is 12.3. The average molecular weight is 332 g/mol. The fourth-order valence-electron chi connectivity index (χ4n) is 2.00. The Morgan fingerprint density at radius 2 is 2.05 bits per heavy atom. The van der Waals surface area contributed by atoms with Gasteiger partial charge >= 0.3 is 0 Å². The number of aromatic nitrogens is 2. The van der Waals surface area contributed by atoms with Gasteiger partial charge in [-0.1, -0.05) is 41.6 Å². The number of rotatable bonds is 4. The number of H-pyrrole nitrogens is 1. The number of amides is 1. The van der Waals surface area contributed by atoms with Crippen LogP contribution in [0, 0.1) is 0 Å². The van der Waals surface area contributed by atoms with E-state index in [1.807, 2.05) is 49.4 Å². The SMILES string of the molecule is C[C@H](Sc1nc2ccc(Cl)cc2[nH]1)C(=O)Nc1ccccc1.